The number of imidazole rings is 1. The van der Waals surface area contributed by atoms with E-state index in [1.807, 2.05) is 32.9 Å². The molecule has 3 N–H and O–H groups in total. The second-order valence-corrected chi connectivity index (χ2v) is 9.96. The van der Waals surface area contributed by atoms with Crippen molar-refractivity contribution in [2.45, 2.75) is 58.7 Å². The van der Waals surface area contributed by atoms with Crippen LogP contribution >= 0.6 is 0 Å². The molecular formula is C26H35N5O3. The number of piperidine rings is 1. The number of carboxylic acid groups (broad SMARTS) is 1. The lowest BCUT2D eigenvalue weighted by molar-refractivity contribution is -0.140. The molecule has 1 saturated heterocycles. The molecule has 8 nitrogen and oxygen atoms in total. The summed E-state index contributed by atoms with van der Waals surface area (Å²) in [5.41, 5.74) is 4.42. The highest BCUT2D eigenvalue weighted by Crippen LogP contribution is 2.33. The van der Waals surface area contributed by atoms with Gasteiger partial charge in [-0.05, 0) is 76.0 Å². The van der Waals surface area contributed by atoms with Crippen LogP contribution in [0.5, 0.6) is 0 Å². The second-order valence-electron chi connectivity index (χ2n) is 9.96. The lowest BCUT2D eigenvalue weighted by Crippen LogP contribution is -2.37. The molecule has 1 aliphatic rings. The number of carbonyl (C=O) groups is 1. The van der Waals surface area contributed by atoms with E-state index in [1.165, 1.54) is 0 Å². The first-order valence-electron chi connectivity index (χ1n) is 12.1. The van der Waals surface area contributed by atoms with E-state index < -0.39 is 12.0 Å². The highest BCUT2D eigenvalue weighted by molar-refractivity contribution is 5.81. The summed E-state index contributed by atoms with van der Waals surface area (Å²) in [5.74, 6) is 0.332. The number of H-pyrrole nitrogens is 1. The molecule has 2 aromatic heterocycles. The summed E-state index contributed by atoms with van der Waals surface area (Å²) in [6, 6.07) is 7.85. The molecule has 0 spiro atoms. The Morgan fingerprint density at radius 3 is 2.65 bits per heavy atom. The van der Waals surface area contributed by atoms with Crippen LogP contribution < -0.4 is 10.9 Å². The Balaban J connectivity index is 1.70. The molecular weight excluding hydrogens is 430 g/mol. The van der Waals surface area contributed by atoms with Gasteiger partial charge in [0.25, 0.3) is 5.56 Å². The summed E-state index contributed by atoms with van der Waals surface area (Å²) < 4.78 is 2.32. The van der Waals surface area contributed by atoms with E-state index >= 15 is 0 Å². The topological polar surface area (TPSA) is 103 Å². The Kier molecular flexibility index (Phi) is 7.19. The summed E-state index contributed by atoms with van der Waals surface area (Å²) in [6.07, 6.45) is 4.40. The minimum absolute atomic E-state index is 0.0894. The van der Waals surface area contributed by atoms with Crippen molar-refractivity contribution in [2.75, 3.05) is 20.1 Å². The summed E-state index contributed by atoms with van der Waals surface area (Å²) in [5, 5.41) is 12.7. The number of benzene rings is 1. The molecule has 1 unspecified atom stereocenters. The maximum absolute atomic E-state index is 11.9. The predicted molar refractivity (Wildman–Crippen MR) is 134 cm³/mol. The van der Waals surface area contributed by atoms with Crippen molar-refractivity contribution < 1.29 is 9.90 Å². The zero-order valence-corrected chi connectivity index (χ0v) is 20.5. The molecule has 0 bridgehead atoms. The second kappa shape index (κ2) is 10.1. The number of aromatic amines is 1. The lowest BCUT2D eigenvalue weighted by atomic mass is 10.0. The van der Waals surface area contributed by atoms with Crippen LogP contribution in [0.3, 0.4) is 0 Å². The van der Waals surface area contributed by atoms with E-state index in [0.29, 0.717) is 30.5 Å². The summed E-state index contributed by atoms with van der Waals surface area (Å²) in [7, 11) is 2.15. The average molecular weight is 466 g/mol. The zero-order valence-electron chi connectivity index (χ0n) is 20.5. The van der Waals surface area contributed by atoms with Crippen LogP contribution in [0.2, 0.25) is 0 Å². The zero-order chi connectivity index (χ0) is 24.4. The third kappa shape index (κ3) is 5.23. The molecule has 34 heavy (non-hydrogen) atoms. The van der Waals surface area contributed by atoms with Gasteiger partial charge in [-0.15, -0.1) is 0 Å². The van der Waals surface area contributed by atoms with Gasteiger partial charge in [0.15, 0.2) is 0 Å². The Bertz CT molecular complexity index is 1220. The van der Waals surface area contributed by atoms with Gasteiger partial charge in [0, 0.05) is 29.9 Å². The number of hydrogen-bond donors (Lipinski definition) is 3. The van der Waals surface area contributed by atoms with E-state index in [2.05, 4.69) is 38.9 Å². The van der Waals surface area contributed by atoms with Gasteiger partial charge in [-0.1, -0.05) is 19.9 Å². The molecule has 1 aliphatic heterocycles. The summed E-state index contributed by atoms with van der Waals surface area (Å²) in [4.78, 5) is 33.7. The van der Waals surface area contributed by atoms with Crippen LogP contribution in [0, 0.1) is 12.8 Å². The van der Waals surface area contributed by atoms with Gasteiger partial charge in [0.2, 0.25) is 0 Å². The van der Waals surface area contributed by atoms with Crippen LogP contribution in [-0.4, -0.2) is 56.7 Å². The number of rotatable bonds is 8. The third-order valence-electron chi connectivity index (χ3n) is 6.71. The first-order chi connectivity index (χ1) is 16.2. The third-order valence-corrected chi connectivity index (χ3v) is 6.71. The first kappa shape index (κ1) is 24.2. The highest BCUT2D eigenvalue weighted by Gasteiger charge is 2.25. The predicted octanol–water partition coefficient (Wildman–Crippen LogP) is 3.56. The van der Waals surface area contributed by atoms with Crippen LogP contribution in [0.4, 0.5) is 0 Å². The van der Waals surface area contributed by atoms with Gasteiger partial charge in [-0.25, -0.2) is 4.98 Å². The number of aryl methyl sites for hydroxylation is 1. The Labute approximate surface area is 200 Å². The first-order valence-corrected chi connectivity index (χ1v) is 12.1. The van der Waals surface area contributed by atoms with Crippen LogP contribution in [0.15, 0.2) is 35.3 Å². The number of fused-ring (bicyclic) bond motifs is 1. The van der Waals surface area contributed by atoms with Crippen molar-refractivity contribution in [1.82, 2.24) is 24.8 Å². The molecule has 4 rings (SSSR count). The molecule has 8 heteroatoms. The average Bonchev–Trinajstić information content (AvgIpc) is 3.17. The van der Waals surface area contributed by atoms with Crippen molar-refractivity contribution in [3.8, 4) is 11.4 Å². The molecule has 0 saturated carbocycles. The molecule has 1 aromatic carbocycles. The van der Waals surface area contributed by atoms with E-state index in [0.717, 1.165) is 53.9 Å². The van der Waals surface area contributed by atoms with Crippen LogP contribution in [-0.2, 0) is 11.3 Å². The van der Waals surface area contributed by atoms with Crippen molar-refractivity contribution in [1.29, 1.82) is 0 Å². The molecule has 1 atom stereocenters. The molecule has 3 aromatic rings. The molecule has 182 valence electrons. The SMILES string of the molecule is Cc1cc(-c2nc3cc(CNC(CC(C)C)C(=O)O)ccc3n2C2CCN(C)CC2)c[nH]c1=O. The van der Waals surface area contributed by atoms with Crippen molar-refractivity contribution in [2.24, 2.45) is 5.92 Å². The number of likely N-dealkylation sites (tertiary alicyclic amines) is 1. The van der Waals surface area contributed by atoms with Gasteiger partial charge in [0.05, 0.1) is 11.0 Å². The Morgan fingerprint density at radius 2 is 2.00 bits per heavy atom. The maximum Gasteiger partial charge on any atom is 0.320 e. The largest absolute Gasteiger partial charge is 0.480 e. The standard InChI is InChI=1S/C26H35N5O3/c1-16(2)11-22(26(33)34)27-14-18-5-6-23-21(13-18)29-24(19-12-17(3)25(32)28-15-19)31(23)20-7-9-30(4)10-8-20/h5-6,12-13,15-16,20,22,27H,7-11,14H2,1-4H3,(H,28,32)(H,33,34). The number of nitrogens with zero attached hydrogens (tertiary/aromatic N) is 3. The van der Waals surface area contributed by atoms with E-state index in [9.17, 15) is 14.7 Å². The summed E-state index contributed by atoms with van der Waals surface area (Å²) in [6.45, 7) is 8.39. The minimum atomic E-state index is -0.822. The smallest absolute Gasteiger partial charge is 0.320 e. The number of carboxylic acids is 1. The molecule has 0 aliphatic carbocycles. The van der Waals surface area contributed by atoms with Gasteiger partial charge < -0.3 is 24.9 Å². The quantitative estimate of drug-likeness (QED) is 0.470. The van der Waals surface area contributed by atoms with Gasteiger partial charge in [-0.2, -0.15) is 0 Å². The molecule has 0 radical (unpaired) electrons. The fourth-order valence-corrected chi connectivity index (χ4v) is 4.79. The normalized spacial score (nSPS) is 16.4. The Hall–Kier alpha value is -2.97. The highest BCUT2D eigenvalue weighted by atomic mass is 16.4. The number of aliphatic carboxylic acids is 1. The van der Waals surface area contributed by atoms with Gasteiger partial charge in [-0.3, -0.25) is 9.59 Å². The number of nitrogens with one attached hydrogen (secondary N) is 2. The fraction of sp³-hybridized carbons (Fsp3) is 0.500. The Morgan fingerprint density at radius 1 is 1.26 bits per heavy atom. The van der Waals surface area contributed by atoms with E-state index in [-0.39, 0.29) is 5.56 Å². The monoisotopic (exact) mass is 465 g/mol. The minimum Gasteiger partial charge on any atom is -0.480 e. The van der Waals surface area contributed by atoms with Crippen molar-refractivity contribution >= 4 is 17.0 Å². The molecule has 0 amide bonds. The fourth-order valence-electron chi connectivity index (χ4n) is 4.79. The van der Waals surface area contributed by atoms with Gasteiger partial charge in [0.1, 0.15) is 11.9 Å². The van der Waals surface area contributed by atoms with E-state index in [1.54, 1.807) is 6.20 Å². The number of hydrogen-bond acceptors (Lipinski definition) is 5. The van der Waals surface area contributed by atoms with Gasteiger partial charge >= 0.3 is 5.97 Å². The van der Waals surface area contributed by atoms with E-state index in [4.69, 9.17) is 4.98 Å². The molecule has 3 heterocycles. The van der Waals surface area contributed by atoms with Crippen LogP contribution in [0.25, 0.3) is 22.4 Å². The van der Waals surface area contributed by atoms with Crippen molar-refractivity contribution in [3.63, 3.8) is 0 Å². The van der Waals surface area contributed by atoms with Crippen molar-refractivity contribution in [3.05, 3.63) is 51.9 Å². The molecule has 1 fully saturated rings. The number of pyridine rings is 1. The summed E-state index contributed by atoms with van der Waals surface area (Å²) >= 11 is 0. The lowest BCUT2D eigenvalue weighted by Gasteiger charge is -2.31. The van der Waals surface area contributed by atoms with Crippen LogP contribution in [0.1, 0.15) is 50.3 Å². The number of aromatic nitrogens is 3. The maximum atomic E-state index is 11.9.